The van der Waals surface area contributed by atoms with Gasteiger partial charge in [0.25, 0.3) is 5.91 Å². The van der Waals surface area contributed by atoms with E-state index in [1.807, 2.05) is 45.0 Å². The van der Waals surface area contributed by atoms with Crippen molar-refractivity contribution >= 4 is 11.6 Å². The van der Waals surface area contributed by atoms with Crippen LogP contribution in [0.25, 0.3) is 0 Å². The predicted molar refractivity (Wildman–Crippen MR) is 79.0 cm³/mol. The van der Waals surface area contributed by atoms with Crippen LogP contribution in [0.1, 0.15) is 31.1 Å². The van der Waals surface area contributed by atoms with Crippen molar-refractivity contribution in [2.24, 2.45) is 0 Å². The molecule has 1 N–H and O–H groups in total. The fourth-order valence-corrected chi connectivity index (χ4v) is 1.67. The number of ether oxygens (including phenoxy) is 1. The zero-order chi connectivity index (χ0) is 14.6. The second kappa shape index (κ2) is 5.74. The summed E-state index contributed by atoms with van der Waals surface area (Å²) >= 11 is 0. The van der Waals surface area contributed by atoms with E-state index in [-0.39, 0.29) is 11.5 Å². The van der Waals surface area contributed by atoms with Gasteiger partial charge in [-0.2, -0.15) is 0 Å². The average molecular weight is 270 g/mol. The Kier molecular flexibility index (Phi) is 4.03. The fourth-order valence-electron chi connectivity index (χ4n) is 1.67. The third-order valence-electron chi connectivity index (χ3n) is 2.48. The maximum atomic E-state index is 12.0. The first-order chi connectivity index (χ1) is 9.44. The fraction of sp³-hybridized carbons (Fsp3) is 0.250. The molecule has 0 fully saturated rings. The summed E-state index contributed by atoms with van der Waals surface area (Å²) in [5.74, 6) is 0.622. The molecule has 0 unspecified atom stereocenters. The molecular formula is C16H18N2O2. The summed E-state index contributed by atoms with van der Waals surface area (Å²) in [5, 5.41) is 2.83. The monoisotopic (exact) mass is 270 g/mol. The van der Waals surface area contributed by atoms with Gasteiger partial charge in [0.05, 0.1) is 0 Å². The summed E-state index contributed by atoms with van der Waals surface area (Å²) in [4.78, 5) is 15.8. The van der Waals surface area contributed by atoms with Crippen molar-refractivity contribution in [1.29, 1.82) is 0 Å². The molecule has 1 amide bonds. The predicted octanol–water partition coefficient (Wildman–Crippen LogP) is 3.51. The second-order valence-corrected chi connectivity index (χ2v) is 5.43. The first kappa shape index (κ1) is 14.1. The van der Waals surface area contributed by atoms with Crippen molar-refractivity contribution in [1.82, 2.24) is 4.98 Å². The topological polar surface area (TPSA) is 51.2 Å². The number of hydrogen-bond donors (Lipinski definition) is 1. The molecule has 0 saturated carbocycles. The molecule has 2 aromatic rings. The van der Waals surface area contributed by atoms with Gasteiger partial charge in [-0.15, -0.1) is 0 Å². The van der Waals surface area contributed by atoms with Crippen LogP contribution in [0.2, 0.25) is 0 Å². The van der Waals surface area contributed by atoms with Gasteiger partial charge in [0.15, 0.2) is 0 Å². The van der Waals surface area contributed by atoms with E-state index in [9.17, 15) is 4.79 Å². The number of nitrogens with one attached hydrogen (secondary N) is 1. The van der Waals surface area contributed by atoms with Gasteiger partial charge >= 0.3 is 0 Å². The van der Waals surface area contributed by atoms with E-state index in [0.29, 0.717) is 5.56 Å². The smallest absolute Gasteiger partial charge is 0.255 e. The number of pyridine rings is 1. The molecule has 20 heavy (non-hydrogen) atoms. The lowest BCUT2D eigenvalue weighted by atomic mass is 10.2. The number of nitrogens with zero attached hydrogens (tertiary/aromatic N) is 1. The molecule has 0 aliphatic heterocycles. The van der Waals surface area contributed by atoms with Crippen LogP contribution in [0.5, 0.6) is 5.75 Å². The van der Waals surface area contributed by atoms with E-state index in [1.54, 1.807) is 24.5 Å². The van der Waals surface area contributed by atoms with Gasteiger partial charge in [0.2, 0.25) is 0 Å². The highest BCUT2D eigenvalue weighted by Gasteiger charge is 2.11. The lowest BCUT2D eigenvalue weighted by molar-refractivity contribution is 0.102. The van der Waals surface area contributed by atoms with E-state index in [1.165, 1.54) is 0 Å². The summed E-state index contributed by atoms with van der Waals surface area (Å²) in [6.45, 7) is 5.98. The van der Waals surface area contributed by atoms with Crippen LogP contribution >= 0.6 is 0 Å². The SMILES string of the molecule is CC(C)(C)Oc1ccc(NC(=O)c2ccncc2)cc1. The summed E-state index contributed by atoms with van der Waals surface area (Å²) in [5.41, 5.74) is 1.07. The Morgan fingerprint density at radius 2 is 1.65 bits per heavy atom. The molecule has 0 spiro atoms. The van der Waals surface area contributed by atoms with Gasteiger partial charge in [-0.05, 0) is 57.2 Å². The first-order valence-corrected chi connectivity index (χ1v) is 6.44. The Morgan fingerprint density at radius 1 is 1.05 bits per heavy atom. The maximum absolute atomic E-state index is 12.0. The number of carbonyl (C=O) groups excluding carboxylic acids is 1. The Hall–Kier alpha value is -2.36. The molecule has 0 radical (unpaired) electrons. The van der Waals surface area contributed by atoms with Gasteiger partial charge in [0.1, 0.15) is 11.4 Å². The number of anilines is 1. The molecule has 2 rings (SSSR count). The van der Waals surface area contributed by atoms with Crippen molar-refractivity contribution in [2.75, 3.05) is 5.32 Å². The quantitative estimate of drug-likeness (QED) is 0.928. The third-order valence-corrected chi connectivity index (χ3v) is 2.48. The van der Waals surface area contributed by atoms with Crippen molar-refractivity contribution in [3.63, 3.8) is 0 Å². The molecule has 0 atom stereocenters. The number of carbonyl (C=O) groups is 1. The molecule has 104 valence electrons. The van der Waals surface area contributed by atoms with Crippen LogP contribution in [0, 0.1) is 0 Å². The highest BCUT2D eigenvalue weighted by molar-refractivity contribution is 6.04. The van der Waals surface area contributed by atoms with Gasteiger partial charge in [-0.3, -0.25) is 9.78 Å². The van der Waals surface area contributed by atoms with Crippen LogP contribution < -0.4 is 10.1 Å². The summed E-state index contributed by atoms with van der Waals surface area (Å²) in [6.07, 6.45) is 3.18. The molecule has 1 aromatic carbocycles. The zero-order valence-electron chi connectivity index (χ0n) is 11.9. The highest BCUT2D eigenvalue weighted by Crippen LogP contribution is 2.20. The number of hydrogen-bond acceptors (Lipinski definition) is 3. The summed E-state index contributed by atoms with van der Waals surface area (Å²) in [6, 6.07) is 10.7. The lowest BCUT2D eigenvalue weighted by Gasteiger charge is -2.21. The van der Waals surface area contributed by atoms with Crippen molar-refractivity contribution in [3.05, 3.63) is 54.4 Å². The molecule has 1 heterocycles. The molecule has 0 aliphatic rings. The minimum absolute atomic E-state index is 0.156. The Morgan fingerprint density at radius 3 is 2.20 bits per heavy atom. The Balaban J connectivity index is 2.02. The first-order valence-electron chi connectivity index (χ1n) is 6.44. The van der Waals surface area contributed by atoms with E-state index < -0.39 is 0 Å². The maximum Gasteiger partial charge on any atom is 0.255 e. The van der Waals surface area contributed by atoms with Crippen LogP contribution in [0.4, 0.5) is 5.69 Å². The van der Waals surface area contributed by atoms with Crippen molar-refractivity contribution < 1.29 is 9.53 Å². The second-order valence-electron chi connectivity index (χ2n) is 5.43. The van der Waals surface area contributed by atoms with E-state index in [2.05, 4.69) is 10.3 Å². The normalized spacial score (nSPS) is 10.9. The average Bonchev–Trinajstić information content (AvgIpc) is 2.40. The molecule has 4 nitrogen and oxygen atoms in total. The standard InChI is InChI=1S/C16H18N2O2/c1-16(2,3)20-14-6-4-13(5-7-14)18-15(19)12-8-10-17-11-9-12/h4-11H,1-3H3,(H,18,19). The molecule has 4 heteroatoms. The van der Waals surface area contributed by atoms with Crippen LogP contribution in [-0.4, -0.2) is 16.5 Å². The minimum Gasteiger partial charge on any atom is -0.488 e. The third kappa shape index (κ3) is 4.09. The highest BCUT2D eigenvalue weighted by atomic mass is 16.5. The van der Waals surface area contributed by atoms with Crippen LogP contribution in [0.3, 0.4) is 0 Å². The van der Waals surface area contributed by atoms with Gasteiger partial charge in [-0.25, -0.2) is 0 Å². The zero-order valence-corrected chi connectivity index (χ0v) is 11.9. The van der Waals surface area contributed by atoms with Crippen molar-refractivity contribution in [3.8, 4) is 5.75 Å². The van der Waals surface area contributed by atoms with Gasteiger partial charge in [0, 0.05) is 23.6 Å². The molecule has 1 aromatic heterocycles. The molecule has 0 bridgehead atoms. The van der Waals surface area contributed by atoms with Crippen LogP contribution in [0.15, 0.2) is 48.8 Å². The summed E-state index contributed by atoms with van der Waals surface area (Å²) < 4.78 is 5.73. The van der Waals surface area contributed by atoms with E-state index in [4.69, 9.17) is 4.74 Å². The van der Waals surface area contributed by atoms with Crippen molar-refractivity contribution in [2.45, 2.75) is 26.4 Å². The Bertz CT molecular complexity index is 572. The number of benzene rings is 1. The van der Waals surface area contributed by atoms with E-state index in [0.717, 1.165) is 11.4 Å². The van der Waals surface area contributed by atoms with Gasteiger partial charge in [-0.1, -0.05) is 0 Å². The van der Waals surface area contributed by atoms with Crippen LogP contribution in [-0.2, 0) is 0 Å². The van der Waals surface area contributed by atoms with Gasteiger partial charge < -0.3 is 10.1 Å². The molecular weight excluding hydrogens is 252 g/mol. The lowest BCUT2D eigenvalue weighted by Crippen LogP contribution is -2.22. The largest absolute Gasteiger partial charge is 0.488 e. The number of rotatable bonds is 3. The number of amides is 1. The van der Waals surface area contributed by atoms with E-state index >= 15 is 0 Å². The summed E-state index contributed by atoms with van der Waals surface area (Å²) in [7, 11) is 0. The number of aromatic nitrogens is 1. The molecule has 0 saturated heterocycles. The minimum atomic E-state index is -0.234. The molecule has 0 aliphatic carbocycles. The Labute approximate surface area is 118 Å².